The quantitative estimate of drug-likeness (QED) is 0.809. The molecule has 1 N–H and O–H groups in total. The fourth-order valence-electron chi connectivity index (χ4n) is 1.94. The van der Waals surface area contributed by atoms with E-state index in [2.05, 4.69) is 17.3 Å². The van der Waals surface area contributed by atoms with E-state index in [0.717, 1.165) is 13.0 Å². The number of furan rings is 1. The average Bonchev–Trinajstić information content (AvgIpc) is 2.85. The molecule has 1 fully saturated rings. The van der Waals surface area contributed by atoms with Crippen molar-refractivity contribution in [2.24, 2.45) is 0 Å². The van der Waals surface area contributed by atoms with Gasteiger partial charge in [-0.3, -0.25) is 4.79 Å². The molecule has 2 heterocycles. The summed E-state index contributed by atoms with van der Waals surface area (Å²) in [6, 6.07) is 3.87. The number of nitrogens with one attached hydrogen (secondary N) is 1. The normalized spacial score (nSPS) is 21.8. The maximum absolute atomic E-state index is 11.5. The Kier molecular flexibility index (Phi) is 3.06. The summed E-state index contributed by atoms with van der Waals surface area (Å²) in [4.78, 5) is 13.8. The SMILES string of the molecule is CN1CCCC1CNC(=O)c1ccco1. The number of nitrogens with zero attached hydrogens (tertiary/aromatic N) is 1. The Hall–Kier alpha value is -1.29. The standard InChI is InChI=1S/C11H16N2O2/c1-13-6-2-4-9(13)8-12-11(14)10-5-3-7-15-10/h3,5,7,9H,2,4,6,8H2,1H3,(H,12,14). The van der Waals surface area contributed by atoms with Gasteiger partial charge in [0.2, 0.25) is 0 Å². The van der Waals surface area contributed by atoms with Crippen LogP contribution in [0.1, 0.15) is 23.4 Å². The minimum absolute atomic E-state index is 0.125. The van der Waals surface area contributed by atoms with Crippen molar-refractivity contribution in [2.45, 2.75) is 18.9 Å². The molecule has 2 rings (SSSR count). The number of likely N-dealkylation sites (N-methyl/N-ethyl adjacent to an activating group) is 1. The zero-order valence-corrected chi connectivity index (χ0v) is 8.90. The summed E-state index contributed by atoms with van der Waals surface area (Å²) < 4.78 is 5.01. The lowest BCUT2D eigenvalue weighted by Crippen LogP contribution is -2.38. The van der Waals surface area contributed by atoms with Gasteiger partial charge in [-0.25, -0.2) is 0 Å². The van der Waals surface area contributed by atoms with E-state index in [0.29, 0.717) is 18.3 Å². The van der Waals surface area contributed by atoms with Gasteiger partial charge in [0.1, 0.15) is 0 Å². The second-order valence-electron chi connectivity index (χ2n) is 3.96. The molecule has 1 unspecified atom stereocenters. The van der Waals surface area contributed by atoms with Gasteiger partial charge in [0.25, 0.3) is 5.91 Å². The van der Waals surface area contributed by atoms with Crippen molar-refractivity contribution < 1.29 is 9.21 Å². The van der Waals surface area contributed by atoms with Crippen molar-refractivity contribution in [1.29, 1.82) is 0 Å². The molecule has 0 radical (unpaired) electrons. The summed E-state index contributed by atoms with van der Waals surface area (Å²) >= 11 is 0. The van der Waals surface area contributed by atoms with Crippen LogP contribution in [0.4, 0.5) is 0 Å². The van der Waals surface area contributed by atoms with E-state index in [1.807, 2.05) is 0 Å². The monoisotopic (exact) mass is 208 g/mol. The van der Waals surface area contributed by atoms with E-state index in [9.17, 15) is 4.79 Å². The molecule has 4 nitrogen and oxygen atoms in total. The minimum atomic E-state index is -0.125. The Labute approximate surface area is 89.2 Å². The molecule has 1 saturated heterocycles. The predicted molar refractivity (Wildman–Crippen MR) is 56.7 cm³/mol. The predicted octanol–water partition coefficient (Wildman–Crippen LogP) is 1.10. The number of carbonyl (C=O) groups is 1. The van der Waals surface area contributed by atoms with Crippen molar-refractivity contribution in [3.05, 3.63) is 24.2 Å². The van der Waals surface area contributed by atoms with Crippen LogP contribution < -0.4 is 5.32 Å². The number of hydrogen-bond donors (Lipinski definition) is 1. The van der Waals surface area contributed by atoms with E-state index in [4.69, 9.17) is 4.42 Å². The van der Waals surface area contributed by atoms with Crippen LogP contribution in [0.3, 0.4) is 0 Å². The molecule has 0 bridgehead atoms. The maximum atomic E-state index is 11.5. The molecule has 1 atom stereocenters. The van der Waals surface area contributed by atoms with Gasteiger partial charge in [-0.2, -0.15) is 0 Å². The molecule has 0 spiro atoms. The third-order valence-electron chi connectivity index (χ3n) is 2.91. The number of rotatable bonds is 3. The molecular weight excluding hydrogens is 192 g/mol. The zero-order valence-electron chi connectivity index (χ0n) is 8.90. The Bertz CT molecular complexity index is 321. The van der Waals surface area contributed by atoms with E-state index in [1.165, 1.54) is 12.7 Å². The minimum Gasteiger partial charge on any atom is -0.459 e. The lowest BCUT2D eigenvalue weighted by Gasteiger charge is -2.19. The summed E-state index contributed by atoms with van der Waals surface area (Å²) in [5.74, 6) is 0.260. The first-order valence-electron chi connectivity index (χ1n) is 5.29. The third kappa shape index (κ3) is 2.39. The van der Waals surface area contributed by atoms with E-state index >= 15 is 0 Å². The molecule has 1 aromatic rings. The summed E-state index contributed by atoms with van der Waals surface area (Å²) in [7, 11) is 2.09. The van der Waals surface area contributed by atoms with Crippen LogP contribution in [0.25, 0.3) is 0 Å². The van der Waals surface area contributed by atoms with Gasteiger partial charge >= 0.3 is 0 Å². The first-order valence-corrected chi connectivity index (χ1v) is 5.29. The molecule has 0 aromatic carbocycles. The van der Waals surface area contributed by atoms with Gasteiger partial charge in [0.05, 0.1) is 6.26 Å². The molecular formula is C11H16N2O2. The van der Waals surface area contributed by atoms with Gasteiger partial charge in [-0.05, 0) is 38.6 Å². The van der Waals surface area contributed by atoms with Crippen molar-refractivity contribution >= 4 is 5.91 Å². The lowest BCUT2D eigenvalue weighted by atomic mass is 10.2. The zero-order chi connectivity index (χ0) is 10.7. The Morgan fingerprint density at radius 1 is 1.73 bits per heavy atom. The molecule has 1 aliphatic heterocycles. The summed E-state index contributed by atoms with van der Waals surface area (Å²) in [6.45, 7) is 1.83. The maximum Gasteiger partial charge on any atom is 0.287 e. The Morgan fingerprint density at radius 3 is 3.20 bits per heavy atom. The number of carbonyl (C=O) groups excluding carboxylic acids is 1. The average molecular weight is 208 g/mol. The molecule has 82 valence electrons. The van der Waals surface area contributed by atoms with Crippen LogP contribution in [0.2, 0.25) is 0 Å². The van der Waals surface area contributed by atoms with Crippen LogP contribution in [0.15, 0.2) is 22.8 Å². The third-order valence-corrected chi connectivity index (χ3v) is 2.91. The largest absolute Gasteiger partial charge is 0.459 e. The van der Waals surface area contributed by atoms with Gasteiger partial charge in [0.15, 0.2) is 5.76 Å². The van der Waals surface area contributed by atoms with E-state index in [-0.39, 0.29) is 5.91 Å². The van der Waals surface area contributed by atoms with E-state index < -0.39 is 0 Å². The first kappa shape index (κ1) is 10.2. The highest BCUT2D eigenvalue weighted by molar-refractivity contribution is 5.91. The fourth-order valence-corrected chi connectivity index (χ4v) is 1.94. The fraction of sp³-hybridized carbons (Fsp3) is 0.545. The van der Waals surface area contributed by atoms with Crippen molar-refractivity contribution in [3.8, 4) is 0 Å². The van der Waals surface area contributed by atoms with Gasteiger partial charge < -0.3 is 14.6 Å². The van der Waals surface area contributed by atoms with Crippen molar-refractivity contribution in [1.82, 2.24) is 10.2 Å². The summed E-state index contributed by atoms with van der Waals surface area (Å²) in [5, 5.41) is 2.88. The smallest absolute Gasteiger partial charge is 0.287 e. The van der Waals surface area contributed by atoms with E-state index in [1.54, 1.807) is 12.1 Å². The topological polar surface area (TPSA) is 45.5 Å². The summed E-state index contributed by atoms with van der Waals surface area (Å²) in [5.41, 5.74) is 0. The molecule has 4 heteroatoms. The van der Waals surface area contributed by atoms with Crippen molar-refractivity contribution in [3.63, 3.8) is 0 Å². The van der Waals surface area contributed by atoms with Crippen LogP contribution >= 0.6 is 0 Å². The van der Waals surface area contributed by atoms with Crippen LogP contribution in [-0.4, -0.2) is 37.0 Å². The highest BCUT2D eigenvalue weighted by Crippen LogP contribution is 2.13. The number of hydrogen-bond acceptors (Lipinski definition) is 3. The highest BCUT2D eigenvalue weighted by atomic mass is 16.3. The molecule has 15 heavy (non-hydrogen) atoms. The molecule has 1 aliphatic rings. The highest BCUT2D eigenvalue weighted by Gasteiger charge is 2.21. The summed E-state index contributed by atoms with van der Waals surface area (Å²) in [6.07, 6.45) is 3.89. The van der Waals surface area contributed by atoms with Gasteiger partial charge in [-0.15, -0.1) is 0 Å². The van der Waals surface area contributed by atoms with Gasteiger partial charge in [0, 0.05) is 12.6 Å². The molecule has 1 aromatic heterocycles. The van der Waals surface area contributed by atoms with Crippen LogP contribution in [0, 0.1) is 0 Å². The molecule has 0 aliphatic carbocycles. The molecule has 1 amide bonds. The van der Waals surface area contributed by atoms with Crippen LogP contribution in [0.5, 0.6) is 0 Å². The Balaban J connectivity index is 1.81. The second-order valence-corrected chi connectivity index (χ2v) is 3.96. The van der Waals surface area contributed by atoms with Crippen molar-refractivity contribution in [2.75, 3.05) is 20.1 Å². The van der Waals surface area contributed by atoms with Gasteiger partial charge in [-0.1, -0.05) is 0 Å². The van der Waals surface area contributed by atoms with Crippen LogP contribution in [-0.2, 0) is 0 Å². The number of likely N-dealkylation sites (tertiary alicyclic amines) is 1. The number of amides is 1. The Morgan fingerprint density at radius 2 is 2.60 bits per heavy atom. The first-order chi connectivity index (χ1) is 7.27. The lowest BCUT2D eigenvalue weighted by molar-refractivity contribution is 0.0916. The second kappa shape index (κ2) is 4.49. The molecule has 0 saturated carbocycles.